The van der Waals surface area contributed by atoms with Gasteiger partial charge in [-0.05, 0) is 41.8 Å². The summed E-state index contributed by atoms with van der Waals surface area (Å²) in [5.74, 6) is 0.316. The predicted octanol–water partition coefficient (Wildman–Crippen LogP) is 1.02. The summed E-state index contributed by atoms with van der Waals surface area (Å²) in [4.78, 5) is 8.71. The Kier molecular flexibility index (Phi) is 3.28. The number of nitrogens with two attached hydrogens (primary N) is 1. The molecule has 24 heavy (non-hydrogen) atoms. The van der Waals surface area contributed by atoms with Gasteiger partial charge >= 0.3 is 0 Å². The molecule has 4 rings (SSSR count). The molecule has 1 aliphatic rings. The monoisotopic (exact) mass is 344 g/mol. The number of nitrogens with zero attached hydrogens (tertiary/aromatic N) is 4. The molecule has 0 radical (unpaired) electrons. The third-order valence-corrected chi connectivity index (χ3v) is 4.61. The third-order valence-electron chi connectivity index (χ3n) is 3.70. The zero-order valence-electron chi connectivity index (χ0n) is 12.3. The van der Waals surface area contributed by atoms with Crippen molar-refractivity contribution in [1.82, 2.24) is 20.3 Å². The molecule has 9 nitrogen and oxygen atoms in total. The van der Waals surface area contributed by atoms with Gasteiger partial charge in [-0.2, -0.15) is 0 Å². The molecule has 10 heteroatoms. The molecule has 0 atom stereocenters. The first-order valence-electron chi connectivity index (χ1n) is 7.08. The molecular weight excluding hydrogens is 332 g/mol. The summed E-state index contributed by atoms with van der Waals surface area (Å²) in [6, 6.07) is 6.11. The van der Waals surface area contributed by atoms with Crippen molar-refractivity contribution >= 4 is 21.7 Å². The fraction of sp³-hybridized carbons (Fsp3) is 0.143. The van der Waals surface area contributed by atoms with Gasteiger partial charge in [-0.15, -0.1) is 0 Å². The minimum Gasteiger partial charge on any atom is -0.324 e. The van der Waals surface area contributed by atoms with Crippen molar-refractivity contribution in [2.75, 3.05) is 5.32 Å². The molecule has 0 spiro atoms. The van der Waals surface area contributed by atoms with E-state index in [-0.39, 0.29) is 4.90 Å². The van der Waals surface area contributed by atoms with Gasteiger partial charge in [0, 0.05) is 11.9 Å². The van der Waals surface area contributed by atoms with Crippen LogP contribution >= 0.6 is 0 Å². The number of hydrogen-bond donors (Lipinski definition) is 2. The summed E-state index contributed by atoms with van der Waals surface area (Å²) in [6.07, 6.45) is 3.21. The van der Waals surface area contributed by atoms with E-state index in [9.17, 15) is 8.42 Å². The van der Waals surface area contributed by atoms with E-state index in [1.54, 1.807) is 18.3 Å². The first-order valence-corrected chi connectivity index (χ1v) is 8.63. The first-order chi connectivity index (χ1) is 11.5. The van der Waals surface area contributed by atoms with Gasteiger partial charge in [0.05, 0.1) is 4.90 Å². The maximum Gasteiger partial charge on any atom is 0.238 e. The van der Waals surface area contributed by atoms with Gasteiger partial charge in [-0.3, -0.25) is 0 Å². The molecule has 3 aromatic rings. The Hall–Kier alpha value is -2.85. The molecular formula is C14H12N6O3S. The van der Waals surface area contributed by atoms with E-state index in [4.69, 9.17) is 9.77 Å². The van der Waals surface area contributed by atoms with Gasteiger partial charge in [0.2, 0.25) is 16.0 Å². The average Bonchev–Trinajstić information content (AvgIpc) is 3.03. The van der Waals surface area contributed by atoms with E-state index in [1.807, 2.05) is 0 Å². The topological polar surface area (TPSA) is 137 Å². The molecule has 122 valence electrons. The fourth-order valence-electron chi connectivity index (χ4n) is 2.54. The van der Waals surface area contributed by atoms with Crippen LogP contribution in [0.3, 0.4) is 0 Å². The van der Waals surface area contributed by atoms with Crippen LogP contribution in [-0.2, 0) is 22.9 Å². The van der Waals surface area contributed by atoms with E-state index < -0.39 is 10.0 Å². The summed E-state index contributed by atoms with van der Waals surface area (Å²) in [5.41, 5.74) is 3.51. The lowest BCUT2D eigenvalue weighted by molar-refractivity contribution is 0.304. The molecule has 2 aromatic heterocycles. The molecule has 1 aromatic carbocycles. The highest BCUT2D eigenvalue weighted by Crippen LogP contribution is 2.30. The highest BCUT2D eigenvalue weighted by atomic mass is 32.2. The van der Waals surface area contributed by atoms with Crippen LogP contribution in [0.4, 0.5) is 11.6 Å². The van der Waals surface area contributed by atoms with Crippen LogP contribution in [0.15, 0.2) is 40.0 Å². The van der Waals surface area contributed by atoms with Crippen LogP contribution in [0.2, 0.25) is 0 Å². The second-order valence-corrected chi connectivity index (χ2v) is 6.89. The number of aryl methyl sites for hydroxylation is 2. The van der Waals surface area contributed by atoms with Gasteiger partial charge in [0.25, 0.3) is 0 Å². The van der Waals surface area contributed by atoms with Crippen molar-refractivity contribution in [2.24, 2.45) is 5.14 Å². The van der Waals surface area contributed by atoms with Crippen molar-refractivity contribution in [1.29, 1.82) is 0 Å². The normalized spacial score (nSPS) is 13.2. The fourth-order valence-corrected chi connectivity index (χ4v) is 3.10. The van der Waals surface area contributed by atoms with E-state index in [2.05, 4.69) is 25.6 Å². The summed E-state index contributed by atoms with van der Waals surface area (Å²) < 4.78 is 27.6. The first kappa shape index (κ1) is 14.7. The van der Waals surface area contributed by atoms with Gasteiger partial charge < -0.3 is 5.32 Å². The van der Waals surface area contributed by atoms with Crippen LogP contribution in [0, 0.1) is 0 Å². The van der Waals surface area contributed by atoms with Crippen molar-refractivity contribution < 1.29 is 13.0 Å². The standard InChI is InChI=1S/C14H12N6O3S/c15-24(21,22)10-3-1-2-9(6-10)17-14-16-7-8-4-5-11-13(12(8)18-14)20-23-19-11/h1-3,6-7H,4-5H2,(H2,15,21,22)(H,16,17,18). The van der Waals surface area contributed by atoms with E-state index >= 15 is 0 Å². The van der Waals surface area contributed by atoms with E-state index in [0.717, 1.165) is 24.1 Å². The molecule has 0 saturated heterocycles. The molecule has 0 fully saturated rings. The largest absolute Gasteiger partial charge is 0.324 e. The van der Waals surface area contributed by atoms with Gasteiger partial charge in [0.1, 0.15) is 11.4 Å². The number of primary sulfonamides is 1. The van der Waals surface area contributed by atoms with Crippen LogP contribution in [0.25, 0.3) is 11.4 Å². The number of rotatable bonds is 3. The minimum atomic E-state index is -3.78. The summed E-state index contributed by atoms with van der Waals surface area (Å²) in [7, 11) is -3.78. The lowest BCUT2D eigenvalue weighted by Gasteiger charge is -2.13. The molecule has 3 N–H and O–H groups in total. The Morgan fingerprint density at radius 2 is 2.04 bits per heavy atom. The number of benzene rings is 1. The van der Waals surface area contributed by atoms with Gasteiger partial charge in [0.15, 0.2) is 5.69 Å². The number of fused-ring (bicyclic) bond motifs is 3. The molecule has 0 amide bonds. The maximum absolute atomic E-state index is 11.4. The Balaban J connectivity index is 1.69. The zero-order chi connectivity index (χ0) is 16.7. The van der Waals surface area contributed by atoms with Crippen molar-refractivity contribution in [3.05, 3.63) is 41.7 Å². The summed E-state index contributed by atoms with van der Waals surface area (Å²) in [6.45, 7) is 0. The molecule has 0 aliphatic heterocycles. The minimum absolute atomic E-state index is 0.00782. The highest BCUT2D eigenvalue weighted by Gasteiger charge is 2.23. The number of anilines is 2. The summed E-state index contributed by atoms with van der Waals surface area (Å²) in [5, 5.41) is 15.9. The molecule has 0 bridgehead atoms. The Labute approximate surface area is 136 Å². The number of sulfonamides is 1. The second-order valence-electron chi connectivity index (χ2n) is 5.32. The maximum atomic E-state index is 11.4. The molecule has 1 aliphatic carbocycles. The summed E-state index contributed by atoms with van der Waals surface area (Å²) >= 11 is 0. The average molecular weight is 344 g/mol. The Morgan fingerprint density at radius 1 is 1.17 bits per heavy atom. The SMILES string of the molecule is NS(=O)(=O)c1cccc(Nc2ncc3c(n2)-c2nonc2CC3)c1. The smallest absolute Gasteiger partial charge is 0.238 e. The predicted molar refractivity (Wildman–Crippen MR) is 83.8 cm³/mol. The second kappa shape index (κ2) is 5.35. The molecule has 2 heterocycles. The lowest BCUT2D eigenvalue weighted by Crippen LogP contribution is -2.12. The quantitative estimate of drug-likeness (QED) is 0.718. The Morgan fingerprint density at radius 3 is 2.88 bits per heavy atom. The van der Waals surface area contributed by atoms with Gasteiger partial charge in [-0.1, -0.05) is 11.2 Å². The van der Waals surface area contributed by atoms with Crippen LogP contribution in [0.1, 0.15) is 11.3 Å². The van der Waals surface area contributed by atoms with E-state index in [0.29, 0.717) is 23.0 Å². The number of nitrogens with one attached hydrogen (secondary N) is 1. The van der Waals surface area contributed by atoms with Crippen LogP contribution in [-0.4, -0.2) is 28.7 Å². The third kappa shape index (κ3) is 2.61. The number of aromatic nitrogens is 4. The lowest BCUT2D eigenvalue weighted by atomic mass is 9.98. The highest BCUT2D eigenvalue weighted by molar-refractivity contribution is 7.89. The zero-order valence-corrected chi connectivity index (χ0v) is 13.1. The van der Waals surface area contributed by atoms with Gasteiger partial charge in [-0.25, -0.2) is 28.2 Å². The van der Waals surface area contributed by atoms with E-state index in [1.165, 1.54) is 12.1 Å². The van der Waals surface area contributed by atoms with Crippen LogP contribution < -0.4 is 10.5 Å². The van der Waals surface area contributed by atoms with Crippen LogP contribution in [0.5, 0.6) is 0 Å². The van der Waals surface area contributed by atoms with Crippen molar-refractivity contribution in [3.63, 3.8) is 0 Å². The molecule has 0 saturated carbocycles. The van der Waals surface area contributed by atoms with Crippen molar-refractivity contribution in [2.45, 2.75) is 17.7 Å². The molecule has 0 unspecified atom stereocenters. The Bertz CT molecular complexity index is 1030. The van der Waals surface area contributed by atoms with Crippen molar-refractivity contribution in [3.8, 4) is 11.4 Å². The number of hydrogen-bond acceptors (Lipinski definition) is 8.